The van der Waals surface area contributed by atoms with Gasteiger partial charge in [0.05, 0.1) is 5.52 Å². The van der Waals surface area contributed by atoms with Gasteiger partial charge in [-0.05, 0) is 37.0 Å². The maximum absolute atomic E-state index is 13.2. The minimum Gasteiger partial charge on any atom is -0.358 e. The molecule has 0 spiro atoms. The Hall–Kier alpha value is -3.09. The van der Waals surface area contributed by atoms with E-state index in [1.165, 1.54) is 5.56 Å². The lowest BCUT2D eigenvalue weighted by Crippen LogP contribution is -2.34. The zero-order chi connectivity index (χ0) is 20.2. The van der Waals surface area contributed by atoms with Gasteiger partial charge in [-0.2, -0.15) is 0 Å². The Kier molecular flexibility index (Phi) is 5.64. The van der Waals surface area contributed by atoms with Crippen molar-refractivity contribution in [3.05, 3.63) is 66.0 Å². The Morgan fingerprint density at radius 3 is 2.62 bits per heavy atom. The molecule has 1 atom stereocenters. The van der Waals surface area contributed by atoms with Gasteiger partial charge in [-0.1, -0.05) is 42.5 Å². The number of hydrogen-bond acceptors (Lipinski definition) is 4. The van der Waals surface area contributed by atoms with Gasteiger partial charge in [0, 0.05) is 18.5 Å². The molecule has 0 bridgehead atoms. The average Bonchev–Trinajstić information content (AvgIpc) is 3.08. The highest BCUT2D eigenvalue weighted by Gasteiger charge is 2.32. The second kappa shape index (κ2) is 8.51. The summed E-state index contributed by atoms with van der Waals surface area (Å²) in [5, 5.41) is 3.72. The van der Waals surface area contributed by atoms with Gasteiger partial charge in [0.25, 0.3) is 6.43 Å². The predicted octanol–water partition coefficient (Wildman–Crippen LogP) is 4.21. The van der Waals surface area contributed by atoms with E-state index in [0.717, 1.165) is 12.8 Å². The molecule has 0 aliphatic carbocycles. The summed E-state index contributed by atoms with van der Waals surface area (Å²) >= 11 is 0. The van der Waals surface area contributed by atoms with Gasteiger partial charge in [0.2, 0.25) is 5.91 Å². The van der Waals surface area contributed by atoms with Gasteiger partial charge in [0.1, 0.15) is 11.9 Å². The Morgan fingerprint density at radius 1 is 1.07 bits per heavy atom. The van der Waals surface area contributed by atoms with Crippen molar-refractivity contribution >= 4 is 22.6 Å². The molecular formula is C22H22F2N4O. The first-order valence-corrected chi connectivity index (χ1v) is 9.76. The third-order valence-corrected chi connectivity index (χ3v) is 5.16. The van der Waals surface area contributed by atoms with Crippen molar-refractivity contribution in [1.29, 1.82) is 0 Å². The molecule has 3 aromatic rings. The van der Waals surface area contributed by atoms with E-state index in [1.807, 2.05) is 23.1 Å². The lowest BCUT2D eigenvalue weighted by Gasteiger charge is -2.18. The molecule has 0 radical (unpaired) electrons. The number of benzene rings is 2. The molecule has 1 aliphatic rings. The van der Waals surface area contributed by atoms with Crippen molar-refractivity contribution < 1.29 is 13.6 Å². The van der Waals surface area contributed by atoms with Crippen molar-refractivity contribution in [1.82, 2.24) is 14.9 Å². The van der Waals surface area contributed by atoms with E-state index in [2.05, 4.69) is 27.4 Å². The third-order valence-electron chi connectivity index (χ3n) is 5.16. The largest absolute Gasteiger partial charge is 0.358 e. The van der Waals surface area contributed by atoms with Crippen molar-refractivity contribution in [3.63, 3.8) is 0 Å². The monoisotopic (exact) mass is 396 g/mol. The molecule has 1 fully saturated rings. The molecule has 5 nitrogen and oxygen atoms in total. The van der Waals surface area contributed by atoms with Crippen LogP contribution in [0.1, 0.15) is 30.7 Å². The summed E-state index contributed by atoms with van der Waals surface area (Å²) in [5.74, 6) is -0.258. The average molecular weight is 396 g/mol. The fraction of sp³-hybridized carbons (Fsp3) is 0.318. The lowest BCUT2D eigenvalue weighted by molar-refractivity contribution is -0.128. The van der Waals surface area contributed by atoms with Gasteiger partial charge in [-0.25, -0.2) is 18.7 Å². The topological polar surface area (TPSA) is 58.1 Å². The number of para-hydroxylation sites is 1. The molecule has 29 heavy (non-hydrogen) atoms. The van der Waals surface area contributed by atoms with Crippen molar-refractivity contribution in [2.75, 3.05) is 18.4 Å². The van der Waals surface area contributed by atoms with Crippen LogP contribution in [0, 0.1) is 0 Å². The molecule has 1 amide bonds. The number of carbonyl (C=O) groups is 1. The minimum absolute atomic E-state index is 0.0145. The summed E-state index contributed by atoms with van der Waals surface area (Å²) in [5.41, 5.74) is 1.69. The number of carbonyl (C=O) groups excluding carboxylic acids is 1. The van der Waals surface area contributed by atoms with Crippen molar-refractivity contribution in [2.24, 2.45) is 0 Å². The molecule has 1 aliphatic heterocycles. The van der Waals surface area contributed by atoms with E-state index in [1.54, 1.807) is 24.3 Å². The summed E-state index contributed by atoms with van der Waals surface area (Å²) < 4.78 is 26.4. The van der Waals surface area contributed by atoms with Crippen LogP contribution >= 0.6 is 0 Å². The SMILES string of the molecule is O=C1C(Nc2nc(C(F)F)nc3ccccc23)CCN1CCCc1ccccc1. The van der Waals surface area contributed by atoms with Crippen LogP contribution in [0.15, 0.2) is 54.6 Å². The number of nitrogens with one attached hydrogen (secondary N) is 1. The molecule has 150 valence electrons. The van der Waals surface area contributed by atoms with E-state index in [0.29, 0.717) is 30.4 Å². The second-order valence-corrected chi connectivity index (χ2v) is 7.15. The summed E-state index contributed by atoms with van der Waals surface area (Å²) in [6, 6.07) is 16.7. The summed E-state index contributed by atoms with van der Waals surface area (Å²) in [7, 11) is 0. The van der Waals surface area contributed by atoms with E-state index >= 15 is 0 Å². The van der Waals surface area contributed by atoms with Crippen LogP contribution in [0.3, 0.4) is 0 Å². The Labute approximate surface area is 167 Å². The molecule has 2 heterocycles. The van der Waals surface area contributed by atoms with Gasteiger partial charge >= 0.3 is 0 Å². The Balaban J connectivity index is 1.43. The quantitative estimate of drug-likeness (QED) is 0.650. The number of likely N-dealkylation sites (tertiary alicyclic amines) is 1. The summed E-state index contributed by atoms with van der Waals surface area (Å²) in [6.07, 6.45) is -0.355. The Morgan fingerprint density at radius 2 is 1.83 bits per heavy atom. The fourth-order valence-corrected chi connectivity index (χ4v) is 3.68. The van der Waals surface area contributed by atoms with Crippen LogP contribution in [0.4, 0.5) is 14.6 Å². The van der Waals surface area contributed by atoms with E-state index in [4.69, 9.17) is 0 Å². The number of aromatic nitrogens is 2. The first kappa shape index (κ1) is 19.2. The third kappa shape index (κ3) is 4.34. The molecule has 0 saturated carbocycles. The van der Waals surface area contributed by atoms with E-state index in [9.17, 15) is 13.6 Å². The molecule has 7 heteroatoms. The maximum atomic E-state index is 13.2. The van der Waals surface area contributed by atoms with Gasteiger partial charge in [-0.3, -0.25) is 4.79 Å². The first-order valence-electron chi connectivity index (χ1n) is 9.76. The number of amides is 1. The fourth-order valence-electron chi connectivity index (χ4n) is 3.68. The van der Waals surface area contributed by atoms with E-state index < -0.39 is 18.3 Å². The van der Waals surface area contributed by atoms with Crippen molar-refractivity contribution in [2.45, 2.75) is 31.7 Å². The lowest BCUT2D eigenvalue weighted by atomic mass is 10.1. The maximum Gasteiger partial charge on any atom is 0.297 e. The number of rotatable bonds is 7. The standard InChI is InChI=1S/C22H22F2N4O/c23-19(24)21-25-17-11-5-4-10-16(17)20(27-21)26-18-12-14-28(22(18)29)13-6-9-15-7-2-1-3-8-15/h1-5,7-8,10-11,18-19H,6,9,12-14H2,(H,25,26,27). The minimum atomic E-state index is -2.77. The Bertz CT molecular complexity index is 997. The molecule has 2 aromatic carbocycles. The highest BCUT2D eigenvalue weighted by Crippen LogP contribution is 2.26. The molecular weight excluding hydrogens is 374 g/mol. The first-order chi connectivity index (χ1) is 14.1. The predicted molar refractivity (Wildman–Crippen MR) is 108 cm³/mol. The molecule has 4 rings (SSSR count). The number of fused-ring (bicyclic) bond motifs is 1. The van der Waals surface area contributed by atoms with Crippen LogP contribution in [0.2, 0.25) is 0 Å². The van der Waals surface area contributed by atoms with Gasteiger partial charge in [0.15, 0.2) is 5.82 Å². The number of hydrogen-bond donors (Lipinski definition) is 1. The van der Waals surface area contributed by atoms with Crippen LogP contribution < -0.4 is 5.32 Å². The van der Waals surface area contributed by atoms with Gasteiger partial charge < -0.3 is 10.2 Å². The van der Waals surface area contributed by atoms with Crippen LogP contribution in [-0.2, 0) is 11.2 Å². The van der Waals surface area contributed by atoms with Crippen LogP contribution in [0.25, 0.3) is 10.9 Å². The zero-order valence-corrected chi connectivity index (χ0v) is 15.9. The molecule has 1 aromatic heterocycles. The zero-order valence-electron chi connectivity index (χ0n) is 15.9. The highest BCUT2D eigenvalue weighted by molar-refractivity contribution is 5.93. The molecule has 1 N–H and O–H groups in total. The summed E-state index contributed by atoms with van der Waals surface area (Å²) in [6.45, 7) is 1.33. The number of alkyl halides is 2. The number of anilines is 1. The number of nitrogens with zero attached hydrogens (tertiary/aromatic N) is 3. The number of aryl methyl sites for hydroxylation is 1. The van der Waals surface area contributed by atoms with Crippen LogP contribution in [-0.4, -0.2) is 39.9 Å². The summed E-state index contributed by atoms with van der Waals surface area (Å²) in [4.78, 5) is 22.5. The number of halogens is 2. The van der Waals surface area contributed by atoms with Crippen LogP contribution in [0.5, 0.6) is 0 Å². The second-order valence-electron chi connectivity index (χ2n) is 7.15. The van der Waals surface area contributed by atoms with Gasteiger partial charge in [-0.15, -0.1) is 0 Å². The highest BCUT2D eigenvalue weighted by atomic mass is 19.3. The van der Waals surface area contributed by atoms with Crippen molar-refractivity contribution in [3.8, 4) is 0 Å². The molecule has 1 saturated heterocycles. The van der Waals surface area contributed by atoms with E-state index in [-0.39, 0.29) is 11.7 Å². The molecule has 1 unspecified atom stereocenters. The normalized spacial score (nSPS) is 16.7. The smallest absolute Gasteiger partial charge is 0.297 e.